The molecule has 0 amide bonds. The monoisotopic (exact) mass is 294 g/mol. The number of nitrogens with zero attached hydrogens (tertiary/aromatic N) is 2. The minimum atomic E-state index is 0.691. The smallest absolute Gasteiger partial charge is 0.191 e. The first kappa shape index (κ1) is 14.0. The maximum atomic E-state index is 5.96. The van der Waals surface area contributed by atoms with Gasteiger partial charge in [-0.1, -0.05) is 29.4 Å². The molecule has 1 aromatic carbocycles. The lowest BCUT2D eigenvalue weighted by Gasteiger charge is -2.09. The van der Waals surface area contributed by atoms with E-state index in [9.17, 15) is 0 Å². The third-order valence-electron chi connectivity index (χ3n) is 2.34. The quantitative estimate of drug-likeness (QED) is 0.644. The Morgan fingerprint density at radius 3 is 2.68 bits per heavy atom. The summed E-state index contributed by atoms with van der Waals surface area (Å²) in [5, 5.41) is 7.83. The second-order valence-electron chi connectivity index (χ2n) is 3.79. The topological polar surface area (TPSA) is 49.8 Å². The van der Waals surface area contributed by atoms with Crippen LogP contribution < -0.4 is 10.6 Å². The first-order valence-electron chi connectivity index (χ1n) is 5.91. The summed E-state index contributed by atoms with van der Waals surface area (Å²) in [6.45, 7) is 2.85. The van der Waals surface area contributed by atoms with E-state index in [0.717, 1.165) is 29.0 Å². The molecule has 0 spiro atoms. The summed E-state index contributed by atoms with van der Waals surface area (Å²) in [5.74, 6) is 1.56. The van der Waals surface area contributed by atoms with Crippen molar-refractivity contribution in [2.24, 2.45) is 0 Å². The summed E-state index contributed by atoms with van der Waals surface area (Å²) in [6.07, 6.45) is 1.95. The van der Waals surface area contributed by atoms with Gasteiger partial charge < -0.3 is 10.6 Å². The fourth-order valence-corrected chi connectivity index (χ4v) is 2.14. The molecule has 0 saturated carbocycles. The predicted octanol–water partition coefficient (Wildman–Crippen LogP) is 4.03. The van der Waals surface area contributed by atoms with Gasteiger partial charge >= 0.3 is 0 Å². The second kappa shape index (κ2) is 6.63. The molecule has 0 unspecified atom stereocenters. The maximum Gasteiger partial charge on any atom is 0.191 e. The van der Waals surface area contributed by atoms with Crippen LogP contribution in [-0.4, -0.2) is 22.8 Å². The van der Waals surface area contributed by atoms with Crippen molar-refractivity contribution in [3.63, 3.8) is 0 Å². The van der Waals surface area contributed by atoms with E-state index in [1.54, 1.807) is 0 Å². The summed E-state index contributed by atoms with van der Waals surface area (Å²) in [6, 6.07) is 9.41. The van der Waals surface area contributed by atoms with E-state index in [1.807, 2.05) is 43.5 Å². The van der Waals surface area contributed by atoms with Gasteiger partial charge in [-0.25, -0.2) is 9.97 Å². The molecule has 0 aliphatic heterocycles. The Bertz CT molecular complexity index is 562. The lowest BCUT2D eigenvalue weighted by molar-refractivity contribution is 0.967. The van der Waals surface area contributed by atoms with Gasteiger partial charge in [0.15, 0.2) is 5.16 Å². The van der Waals surface area contributed by atoms with Crippen molar-refractivity contribution in [1.29, 1.82) is 0 Å². The van der Waals surface area contributed by atoms with E-state index in [2.05, 4.69) is 20.6 Å². The summed E-state index contributed by atoms with van der Waals surface area (Å²) in [4.78, 5) is 8.79. The molecule has 2 N–H and O–H groups in total. The number of benzene rings is 1. The fraction of sp³-hybridized carbons (Fsp3) is 0.231. The van der Waals surface area contributed by atoms with Crippen LogP contribution in [0.1, 0.15) is 6.92 Å². The largest absolute Gasteiger partial charge is 0.370 e. The molecule has 0 atom stereocenters. The minimum absolute atomic E-state index is 0.691. The SMILES string of the molecule is CCNc1cc(Nc2cccc(Cl)c2)nc(SC)n1. The Hall–Kier alpha value is -1.46. The van der Waals surface area contributed by atoms with Gasteiger partial charge in [0.2, 0.25) is 0 Å². The summed E-state index contributed by atoms with van der Waals surface area (Å²) in [5.41, 5.74) is 0.903. The Morgan fingerprint density at radius 1 is 1.21 bits per heavy atom. The molecular formula is C13H15ClN4S. The van der Waals surface area contributed by atoms with E-state index in [0.29, 0.717) is 5.02 Å². The Labute approximate surface area is 122 Å². The first-order chi connectivity index (χ1) is 9.21. The van der Waals surface area contributed by atoms with Crippen molar-refractivity contribution in [1.82, 2.24) is 9.97 Å². The van der Waals surface area contributed by atoms with Gasteiger partial charge in [0.1, 0.15) is 11.6 Å². The number of nitrogens with one attached hydrogen (secondary N) is 2. The number of hydrogen-bond acceptors (Lipinski definition) is 5. The average Bonchev–Trinajstić information content (AvgIpc) is 2.39. The molecule has 0 fully saturated rings. The van der Waals surface area contributed by atoms with Crippen molar-refractivity contribution < 1.29 is 0 Å². The highest BCUT2D eigenvalue weighted by Gasteiger charge is 2.04. The van der Waals surface area contributed by atoms with Crippen LogP contribution in [0.5, 0.6) is 0 Å². The van der Waals surface area contributed by atoms with Crippen LogP contribution in [0.4, 0.5) is 17.3 Å². The van der Waals surface area contributed by atoms with E-state index in [-0.39, 0.29) is 0 Å². The van der Waals surface area contributed by atoms with E-state index in [4.69, 9.17) is 11.6 Å². The maximum absolute atomic E-state index is 5.96. The highest BCUT2D eigenvalue weighted by Crippen LogP contribution is 2.22. The van der Waals surface area contributed by atoms with Gasteiger partial charge in [0, 0.05) is 23.3 Å². The average molecular weight is 295 g/mol. The summed E-state index contributed by atoms with van der Waals surface area (Å²) in [7, 11) is 0. The fourth-order valence-electron chi connectivity index (χ4n) is 1.57. The molecule has 0 radical (unpaired) electrons. The van der Waals surface area contributed by atoms with Gasteiger partial charge in [-0.05, 0) is 31.4 Å². The lowest BCUT2D eigenvalue weighted by Crippen LogP contribution is -2.03. The number of rotatable bonds is 5. The number of thioether (sulfide) groups is 1. The number of anilines is 3. The Kier molecular flexibility index (Phi) is 4.87. The van der Waals surface area contributed by atoms with Gasteiger partial charge in [-0.15, -0.1) is 0 Å². The molecule has 4 nitrogen and oxygen atoms in total. The molecule has 1 aromatic heterocycles. The molecule has 0 aliphatic carbocycles. The van der Waals surface area contributed by atoms with Gasteiger partial charge in [0.25, 0.3) is 0 Å². The first-order valence-corrected chi connectivity index (χ1v) is 7.51. The van der Waals surface area contributed by atoms with Crippen LogP contribution in [0.3, 0.4) is 0 Å². The predicted molar refractivity (Wildman–Crippen MR) is 82.7 cm³/mol. The van der Waals surface area contributed by atoms with Crippen molar-refractivity contribution in [3.05, 3.63) is 35.4 Å². The van der Waals surface area contributed by atoms with Crippen molar-refractivity contribution in [3.8, 4) is 0 Å². The van der Waals surface area contributed by atoms with Crippen LogP contribution in [0.2, 0.25) is 5.02 Å². The molecule has 1 heterocycles. The zero-order valence-electron chi connectivity index (χ0n) is 10.8. The normalized spacial score (nSPS) is 10.3. The van der Waals surface area contributed by atoms with E-state index < -0.39 is 0 Å². The number of aromatic nitrogens is 2. The Morgan fingerprint density at radius 2 is 2.00 bits per heavy atom. The molecule has 2 aromatic rings. The van der Waals surface area contributed by atoms with Crippen LogP contribution >= 0.6 is 23.4 Å². The van der Waals surface area contributed by atoms with Crippen molar-refractivity contribution in [2.75, 3.05) is 23.4 Å². The molecule has 0 bridgehead atoms. The van der Waals surface area contributed by atoms with Gasteiger partial charge in [-0.3, -0.25) is 0 Å². The zero-order valence-corrected chi connectivity index (χ0v) is 12.3. The third-order valence-corrected chi connectivity index (χ3v) is 3.13. The molecule has 2 rings (SSSR count). The molecular weight excluding hydrogens is 280 g/mol. The molecule has 6 heteroatoms. The van der Waals surface area contributed by atoms with E-state index >= 15 is 0 Å². The molecule has 0 aliphatic rings. The molecule has 0 saturated heterocycles. The van der Waals surface area contributed by atoms with E-state index in [1.165, 1.54) is 11.8 Å². The summed E-state index contributed by atoms with van der Waals surface area (Å²) < 4.78 is 0. The lowest BCUT2D eigenvalue weighted by atomic mass is 10.3. The van der Waals surface area contributed by atoms with Crippen LogP contribution in [0, 0.1) is 0 Å². The highest BCUT2D eigenvalue weighted by molar-refractivity contribution is 7.98. The third kappa shape index (κ3) is 4.01. The standard InChI is InChI=1S/C13H15ClN4S/c1-3-15-11-8-12(18-13(17-11)19-2)16-10-6-4-5-9(14)7-10/h4-8H,3H2,1-2H3,(H2,15,16,17,18). The minimum Gasteiger partial charge on any atom is -0.370 e. The summed E-state index contributed by atoms with van der Waals surface area (Å²) >= 11 is 7.47. The molecule has 19 heavy (non-hydrogen) atoms. The molecule has 100 valence electrons. The van der Waals surface area contributed by atoms with Crippen molar-refractivity contribution in [2.45, 2.75) is 12.1 Å². The van der Waals surface area contributed by atoms with Crippen LogP contribution in [0.15, 0.2) is 35.5 Å². The second-order valence-corrected chi connectivity index (χ2v) is 5.00. The number of hydrogen-bond donors (Lipinski definition) is 2. The van der Waals surface area contributed by atoms with Gasteiger partial charge in [0.05, 0.1) is 0 Å². The zero-order chi connectivity index (χ0) is 13.7. The number of halogens is 1. The van der Waals surface area contributed by atoms with Gasteiger partial charge in [-0.2, -0.15) is 0 Å². The Balaban J connectivity index is 2.26. The highest BCUT2D eigenvalue weighted by atomic mass is 35.5. The van der Waals surface area contributed by atoms with Crippen molar-refractivity contribution >= 4 is 40.7 Å². The van der Waals surface area contributed by atoms with Crippen LogP contribution in [-0.2, 0) is 0 Å². The van der Waals surface area contributed by atoms with Crippen LogP contribution in [0.25, 0.3) is 0 Å².